The van der Waals surface area contributed by atoms with Crippen molar-refractivity contribution in [2.75, 3.05) is 66.3 Å². The normalized spacial score (nSPS) is 14.0. The molecule has 0 aliphatic carbocycles. The molecular formula is C40H47N7O7. The number of morpholine rings is 2. The predicted molar refractivity (Wildman–Crippen MR) is 200 cm³/mol. The molecule has 2 aliphatic rings. The summed E-state index contributed by atoms with van der Waals surface area (Å²) in [5.74, 6) is -0.473. The standard InChI is InChI=1S/C20H24N4O3.C20H23N3O4/c21-13-19(25)18-3-1-16(2-4-18)14-24(15-17-5-7-22-8-6-17)20(26)23-9-11-27-12-10-23;1-26-19(24)18-4-2-16(3-5-18)14-23(15-17-6-8-21-9-7-17)20(25)22-10-12-27-13-11-22/h1-8H,9-15,21H2;2-9H,10-15H2,1H3. The fourth-order valence-electron chi connectivity index (χ4n) is 5.93. The van der Waals surface area contributed by atoms with Gasteiger partial charge in [0.15, 0.2) is 5.78 Å². The summed E-state index contributed by atoms with van der Waals surface area (Å²) in [5, 5.41) is 0. The van der Waals surface area contributed by atoms with Crippen molar-refractivity contribution >= 4 is 23.8 Å². The number of Topliss-reactive ketones (excluding diaryl/α,β-unsaturated/α-hetero) is 1. The van der Waals surface area contributed by atoms with E-state index in [1.165, 1.54) is 7.11 Å². The van der Waals surface area contributed by atoms with Crippen LogP contribution in [0.5, 0.6) is 0 Å². The van der Waals surface area contributed by atoms with Crippen molar-refractivity contribution in [1.29, 1.82) is 0 Å². The fraction of sp³-hybridized carbons (Fsp3) is 0.350. The van der Waals surface area contributed by atoms with E-state index in [1.54, 1.807) is 58.9 Å². The van der Waals surface area contributed by atoms with E-state index in [0.717, 1.165) is 22.3 Å². The molecule has 0 unspecified atom stereocenters. The SMILES string of the molecule is COC(=O)c1ccc(CN(Cc2ccncc2)C(=O)N2CCOCC2)cc1.NCC(=O)c1ccc(CN(Cc2ccncc2)C(=O)N2CCOCC2)cc1. The molecule has 2 aromatic heterocycles. The Kier molecular flexibility index (Phi) is 15.0. The third kappa shape index (κ3) is 11.7. The molecule has 14 heteroatoms. The van der Waals surface area contributed by atoms with Gasteiger partial charge in [-0.2, -0.15) is 0 Å². The van der Waals surface area contributed by atoms with Crippen molar-refractivity contribution in [2.45, 2.75) is 26.2 Å². The van der Waals surface area contributed by atoms with Crippen molar-refractivity contribution in [3.05, 3.63) is 131 Å². The molecule has 4 amide bonds. The van der Waals surface area contributed by atoms with Crippen LogP contribution in [0.15, 0.2) is 97.6 Å². The van der Waals surface area contributed by atoms with Crippen LogP contribution in [0.4, 0.5) is 9.59 Å². The molecule has 2 saturated heterocycles. The molecule has 2 aromatic carbocycles. The van der Waals surface area contributed by atoms with Gasteiger partial charge < -0.3 is 39.5 Å². The number of carbonyl (C=O) groups is 4. The number of ether oxygens (including phenoxy) is 3. The molecule has 0 atom stereocenters. The Morgan fingerprint density at radius 3 is 1.30 bits per heavy atom. The van der Waals surface area contributed by atoms with Gasteiger partial charge in [0, 0.05) is 82.7 Å². The third-order valence-corrected chi connectivity index (χ3v) is 8.93. The Labute approximate surface area is 315 Å². The molecule has 4 aromatic rings. The van der Waals surface area contributed by atoms with E-state index in [9.17, 15) is 19.2 Å². The molecule has 0 saturated carbocycles. The van der Waals surface area contributed by atoms with Crippen LogP contribution in [0.2, 0.25) is 0 Å². The van der Waals surface area contributed by atoms with E-state index in [2.05, 4.69) is 9.97 Å². The lowest BCUT2D eigenvalue weighted by atomic mass is 10.1. The monoisotopic (exact) mass is 737 g/mol. The van der Waals surface area contributed by atoms with Crippen molar-refractivity contribution in [3.8, 4) is 0 Å². The highest BCUT2D eigenvalue weighted by Gasteiger charge is 2.25. The Bertz CT molecular complexity index is 1650. The zero-order valence-corrected chi connectivity index (χ0v) is 30.5. The van der Waals surface area contributed by atoms with E-state index >= 15 is 0 Å². The van der Waals surface area contributed by atoms with Crippen LogP contribution in [0.1, 0.15) is 43.0 Å². The summed E-state index contributed by atoms with van der Waals surface area (Å²) >= 11 is 0. The summed E-state index contributed by atoms with van der Waals surface area (Å²) in [6.07, 6.45) is 6.88. The number of hydrogen-bond acceptors (Lipinski definition) is 10. The quantitative estimate of drug-likeness (QED) is 0.176. The predicted octanol–water partition coefficient (Wildman–Crippen LogP) is 4.00. The average Bonchev–Trinajstić information content (AvgIpc) is 3.24. The molecule has 54 heavy (non-hydrogen) atoms. The molecule has 0 radical (unpaired) electrons. The number of aromatic nitrogens is 2. The van der Waals surface area contributed by atoms with Crippen LogP contribution in [-0.2, 0) is 40.4 Å². The lowest BCUT2D eigenvalue weighted by Crippen LogP contribution is -2.47. The lowest BCUT2D eigenvalue weighted by Gasteiger charge is -2.33. The zero-order valence-electron chi connectivity index (χ0n) is 30.5. The Balaban J connectivity index is 0.000000208. The number of benzene rings is 2. The van der Waals surface area contributed by atoms with Crippen molar-refractivity contribution in [1.82, 2.24) is 29.6 Å². The second kappa shape index (κ2) is 20.5. The van der Waals surface area contributed by atoms with Gasteiger partial charge in [-0.3, -0.25) is 14.8 Å². The van der Waals surface area contributed by atoms with Crippen LogP contribution >= 0.6 is 0 Å². The summed E-state index contributed by atoms with van der Waals surface area (Å²) in [7, 11) is 1.35. The van der Waals surface area contributed by atoms with E-state index in [4.69, 9.17) is 19.9 Å². The number of methoxy groups -OCH3 is 1. The second-order valence-corrected chi connectivity index (χ2v) is 12.7. The van der Waals surface area contributed by atoms with E-state index in [1.807, 2.05) is 58.3 Å². The Morgan fingerprint density at radius 1 is 0.593 bits per heavy atom. The molecule has 14 nitrogen and oxygen atoms in total. The van der Waals surface area contributed by atoms with Crippen LogP contribution in [-0.4, -0.2) is 120 Å². The Hall–Kier alpha value is -5.70. The number of carbonyl (C=O) groups excluding carboxylic acids is 4. The molecule has 2 fully saturated rings. The molecule has 2 aliphatic heterocycles. The number of rotatable bonds is 11. The van der Waals surface area contributed by atoms with Gasteiger partial charge in [0.2, 0.25) is 0 Å². The van der Waals surface area contributed by atoms with E-state index in [-0.39, 0.29) is 30.4 Å². The molecule has 284 valence electrons. The average molecular weight is 738 g/mol. The number of nitrogens with two attached hydrogens (primary N) is 1. The van der Waals surface area contributed by atoms with Crippen LogP contribution < -0.4 is 5.73 Å². The van der Waals surface area contributed by atoms with Crippen LogP contribution in [0.3, 0.4) is 0 Å². The van der Waals surface area contributed by atoms with Gasteiger partial charge in [-0.05, 0) is 58.7 Å². The van der Waals surface area contributed by atoms with Gasteiger partial charge >= 0.3 is 18.0 Å². The molecule has 4 heterocycles. The lowest BCUT2D eigenvalue weighted by molar-refractivity contribution is 0.0418. The maximum absolute atomic E-state index is 13.0. The maximum atomic E-state index is 13.0. The van der Waals surface area contributed by atoms with Crippen LogP contribution in [0.25, 0.3) is 0 Å². The molecular weight excluding hydrogens is 690 g/mol. The van der Waals surface area contributed by atoms with E-state index in [0.29, 0.717) is 89.9 Å². The largest absolute Gasteiger partial charge is 0.465 e. The van der Waals surface area contributed by atoms with Crippen LogP contribution in [0, 0.1) is 0 Å². The van der Waals surface area contributed by atoms with Gasteiger partial charge in [-0.15, -0.1) is 0 Å². The first-order valence-corrected chi connectivity index (χ1v) is 17.8. The number of pyridine rings is 2. The number of ketones is 1. The number of hydrogen-bond donors (Lipinski definition) is 1. The second-order valence-electron chi connectivity index (χ2n) is 12.7. The van der Waals surface area contributed by atoms with Gasteiger partial charge in [-0.1, -0.05) is 36.4 Å². The third-order valence-electron chi connectivity index (χ3n) is 8.93. The van der Waals surface area contributed by atoms with Gasteiger partial charge in [0.05, 0.1) is 45.6 Å². The summed E-state index contributed by atoms with van der Waals surface area (Å²) in [6.45, 7) is 6.46. The molecule has 0 spiro atoms. The summed E-state index contributed by atoms with van der Waals surface area (Å²) in [4.78, 5) is 64.7. The van der Waals surface area contributed by atoms with Crippen molar-refractivity contribution in [3.63, 3.8) is 0 Å². The zero-order chi connectivity index (χ0) is 38.1. The topological polar surface area (TPSA) is 161 Å². The van der Waals surface area contributed by atoms with Gasteiger partial charge in [0.1, 0.15) is 0 Å². The minimum absolute atomic E-state index is 0.0109. The summed E-state index contributed by atoms with van der Waals surface area (Å²) in [5.41, 5.74) is 10.4. The highest BCUT2D eigenvalue weighted by Crippen LogP contribution is 2.17. The van der Waals surface area contributed by atoms with Gasteiger partial charge in [-0.25, -0.2) is 14.4 Å². The number of urea groups is 2. The number of nitrogens with zero attached hydrogens (tertiary/aromatic N) is 6. The first-order valence-electron chi connectivity index (χ1n) is 17.8. The van der Waals surface area contributed by atoms with Gasteiger partial charge in [0.25, 0.3) is 0 Å². The highest BCUT2D eigenvalue weighted by atomic mass is 16.5. The Morgan fingerprint density at radius 2 is 0.944 bits per heavy atom. The molecule has 2 N–H and O–H groups in total. The smallest absolute Gasteiger partial charge is 0.337 e. The summed E-state index contributed by atoms with van der Waals surface area (Å²) in [6, 6.07) is 22.0. The minimum atomic E-state index is -0.375. The van der Waals surface area contributed by atoms with Crippen molar-refractivity contribution in [2.24, 2.45) is 5.73 Å². The molecule has 0 bridgehead atoms. The van der Waals surface area contributed by atoms with Crippen molar-refractivity contribution < 1.29 is 33.4 Å². The fourth-order valence-corrected chi connectivity index (χ4v) is 5.93. The first-order chi connectivity index (χ1) is 26.3. The summed E-state index contributed by atoms with van der Waals surface area (Å²) < 4.78 is 15.4. The van der Waals surface area contributed by atoms with E-state index < -0.39 is 0 Å². The number of amides is 4. The highest BCUT2D eigenvalue weighted by molar-refractivity contribution is 5.97. The first kappa shape index (κ1) is 39.5. The number of esters is 1. The molecule has 6 rings (SSSR count). The minimum Gasteiger partial charge on any atom is -0.465 e. The maximum Gasteiger partial charge on any atom is 0.337 e.